The second-order valence-corrected chi connectivity index (χ2v) is 1.46. The van der Waals surface area contributed by atoms with Gasteiger partial charge in [-0.25, -0.2) is 0 Å². The van der Waals surface area contributed by atoms with Gasteiger partial charge in [-0.2, -0.15) is 5.48 Å². The first-order chi connectivity index (χ1) is 3.31. The first kappa shape index (κ1) is 6.88. The number of hydroxylamine groups is 1. The molecule has 0 saturated carbocycles. The van der Waals surface area contributed by atoms with Crippen LogP contribution in [0.3, 0.4) is 0 Å². The SMILES string of the molecule is CONC(C)CN. The lowest BCUT2D eigenvalue weighted by atomic mass is 10.4. The molecule has 0 aliphatic rings. The standard InChI is InChI=1S/C4H12N2O/c1-4(3-5)6-7-2/h4,6H,3,5H2,1-2H3. The monoisotopic (exact) mass is 104 g/mol. The molecule has 0 aliphatic heterocycles. The van der Waals surface area contributed by atoms with E-state index in [0.29, 0.717) is 6.54 Å². The maximum absolute atomic E-state index is 5.22. The highest BCUT2D eigenvalue weighted by molar-refractivity contribution is 4.51. The van der Waals surface area contributed by atoms with Gasteiger partial charge < -0.3 is 10.6 Å². The molecule has 0 amide bonds. The lowest BCUT2D eigenvalue weighted by Crippen LogP contribution is -2.32. The zero-order valence-corrected chi connectivity index (χ0v) is 4.77. The van der Waals surface area contributed by atoms with Crippen molar-refractivity contribution in [1.29, 1.82) is 0 Å². The van der Waals surface area contributed by atoms with E-state index in [1.54, 1.807) is 7.11 Å². The van der Waals surface area contributed by atoms with Crippen LogP contribution in [0.1, 0.15) is 6.92 Å². The van der Waals surface area contributed by atoms with E-state index in [2.05, 4.69) is 10.3 Å². The second kappa shape index (κ2) is 4.05. The molecule has 0 aliphatic carbocycles. The van der Waals surface area contributed by atoms with Gasteiger partial charge in [-0.1, -0.05) is 0 Å². The highest BCUT2D eigenvalue weighted by Gasteiger charge is 1.91. The summed E-state index contributed by atoms with van der Waals surface area (Å²) in [6.07, 6.45) is 0. The fourth-order valence-corrected chi connectivity index (χ4v) is 0.249. The molecule has 1 atom stereocenters. The third-order valence-corrected chi connectivity index (χ3v) is 0.673. The largest absolute Gasteiger partial charge is 0.329 e. The predicted molar refractivity (Wildman–Crippen MR) is 28.7 cm³/mol. The van der Waals surface area contributed by atoms with E-state index in [9.17, 15) is 0 Å². The normalized spacial score (nSPS) is 14.1. The fraction of sp³-hybridized carbons (Fsp3) is 1.00. The summed E-state index contributed by atoms with van der Waals surface area (Å²) in [4.78, 5) is 4.56. The van der Waals surface area contributed by atoms with Gasteiger partial charge >= 0.3 is 0 Å². The highest BCUT2D eigenvalue weighted by atomic mass is 16.6. The smallest absolute Gasteiger partial charge is 0.0572 e. The third kappa shape index (κ3) is 3.72. The number of hydrogen-bond donors (Lipinski definition) is 2. The van der Waals surface area contributed by atoms with Gasteiger partial charge in [0.05, 0.1) is 7.11 Å². The lowest BCUT2D eigenvalue weighted by Gasteiger charge is -2.06. The van der Waals surface area contributed by atoms with Crippen LogP contribution in [0.5, 0.6) is 0 Å². The molecule has 0 aromatic carbocycles. The molecule has 0 radical (unpaired) electrons. The molecule has 0 saturated heterocycles. The Morgan fingerprint density at radius 3 is 2.57 bits per heavy atom. The van der Waals surface area contributed by atoms with Crippen LogP contribution in [0.4, 0.5) is 0 Å². The Kier molecular flexibility index (Phi) is 3.98. The van der Waals surface area contributed by atoms with Crippen molar-refractivity contribution in [2.75, 3.05) is 13.7 Å². The highest BCUT2D eigenvalue weighted by Crippen LogP contribution is 1.71. The van der Waals surface area contributed by atoms with Crippen molar-refractivity contribution in [3.63, 3.8) is 0 Å². The first-order valence-electron chi connectivity index (χ1n) is 2.29. The lowest BCUT2D eigenvalue weighted by molar-refractivity contribution is 0.0684. The minimum atomic E-state index is 0.255. The predicted octanol–water partition coefficient (Wildman–Crippen LogP) is -0.515. The quantitative estimate of drug-likeness (QED) is 0.474. The topological polar surface area (TPSA) is 47.3 Å². The summed E-state index contributed by atoms with van der Waals surface area (Å²) < 4.78 is 0. The molecule has 0 rings (SSSR count). The van der Waals surface area contributed by atoms with Crippen LogP contribution in [-0.4, -0.2) is 19.7 Å². The van der Waals surface area contributed by atoms with Gasteiger partial charge in [-0.15, -0.1) is 0 Å². The van der Waals surface area contributed by atoms with Crippen molar-refractivity contribution in [1.82, 2.24) is 5.48 Å². The maximum atomic E-state index is 5.22. The Hall–Kier alpha value is -0.120. The number of hydrogen-bond acceptors (Lipinski definition) is 3. The van der Waals surface area contributed by atoms with Crippen LogP contribution in [0.25, 0.3) is 0 Å². The third-order valence-electron chi connectivity index (χ3n) is 0.673. The van der Waals surface area contributed by atoms with E-state index in [4.69, 9.17) is 5.73 Å². The van der Waals surface area contributed by atoms with Crippen LogP contribution in [0.15, 0.2) is 0 Å². The average Bonchev–Trinajstić information content (AvgIpc) is 1.68. The van der Waals surface area contributed by atoms with Crippen LogP contribution in [-0.2, 0) is 4.84 Å². The van der Waals surface area contributed by atoms with E-state index in [0.717, 1.165) is 0 Å². The summed E-state index contributed by atoms with van der Waals surface area (Å²) >= 11 is 0. The van der Waals surface area contributed by atoms with Crippen LogP contribution >= 0.6 is 0 Å². The van der Waals surface area contributed by atoms with E-state index in [1.807, 2.05) is 6.92 Å². The Morgan fingerprint density at radius 2 is 2.43 bits per heavy atom. The second-order valence-electron chi connectivity index (χ2n) is 1.46. The Bertz CT molecular complexity index is 40.7. The fourth-order valence-electron chi connectivity index (χ4n) is 0.249. The van der Waals surface area contributed by atoms with E-state index >= 15 is 0 Å². The molecule has 0 fully saturated rings. The molecule has 0 spiro atoms. The van der Waals surface area contributed by atoms with Crippen molar-refractivity contribution in [3.05, 3.63) is 0 Å². The summed E-state index contributed by atoms with van der Waals surface area (Å²) in [7, 11) is 1.58. The minimum Gasteiger partial charge on any atom is -0.329 e. The van der Waals surface area contributed by atoms with E-state index in [-0.39, 0.29) is 6.04 Å². The molecule has 0 bridgehead atoms. The number of rotatable bonds is 3. The minimum absolute atomic E-state index is 0.255. The zero-order chi connectivity index (χ0) is 5.70. The van der Waals surface area contributed by atoms with Gasteiger partial charge in [0.2, 0.25) is 0 Å². The molecule has 0 heterocycles. The van der Waals surface area contributed by atoms with Gasteiger partial charge in [0, 0.05) is 12.6 Å². The Morgan fingerprint density at radius 1 is 1.86 bits per heavy atom. The molecule has 3 N–H and O–H groups in total. The summed E-state index contributed by atoms with van der Waals surface area (Å²) in [6, 6.07) is 0.255. The first-order valence-corrected chi connectivity index (χ1v) is 2.29. The van der Waals surface area contributed by atoms with Gasteiger partial charge in [0.25, 0.3) is 0 Å². The molecule has 0 aromatic heterocycles. The molecular formula is C4H12N2O. The van der Waals surface area contributed by atoms with Crippen molar-refractivity contribution >= 4 is 0 Å². The molecule has 44 valence electrons. The molecule has 7 heavy (non-hydrogen) atoms. The van der Waals surface area contributed by atoms with Crippen LogP contribution < -0.4 is 11.2 Å². The van der Waals surface area contributed by atoms with Crippen molar-refractivity contribution in [2.24, 2.45) is 5.73 Å². The van der Waals surface area contributed by atoms with Crippen molar-refractivity contribution < 1.29 is 4.84 Å². The molecular weight excluding hydrogens is 92.1 g/mol. The molecule has 3 nitrogen and oxygen atoms in total. The van der Waals surface area contributed by atoms with Crippen LogP contribution in [0, 0.1) is 0 Å². The number of nitrogens with one attached hydrogen (secondary N) is 1. The van der Waals surface area contributed by atoms with E-state index < -0.39 is 0 Å². The van der Waals surface area contributed by atoms with Gasteiger partial charge in [0.1, 0.15) is 0 Å². The summed E-state index contributed by atoms with van der Waals surface area (Å²) in [5.74, 6) is 0. The molecule has 3 heteroatoms. The average molecular weight is 104 g/mol. The van der Waals surface area contributed by atoms with Crippen LogP contribution in [0.2, 0.25) is 0 Å². The Labute approximate surface area is 43.8 Å². The molecule has 1 unspecified atom stereocenters. The molecule has 0 aromatic rings. The maximum Gasteiger partial charge on any atom is 0.0572 e. The van der Waals surface area contributed by atoms with Crippen molar-refractivity contribution in [3.8, 4) is 0 Å². The summed E-state index contributed by atoms with van der Waals surface area (Å²) in [5.41, 5.74) is 7.89. The zero-order valence-electron chi connectivity index (χ0n) is 4.77. The van der Waals surface area contributed by atoms with E-state index in [1.165, 1.54) is 0 Å². The van der Waals surface area contributed by atoms with Gasteiger partial charge in [-0.3, -0.25) is 0 Å². The van der Waals surface area contributed by atoms with Gasteiger partial charge in [-0.05, 0) is 6.92 Å². The summed E-state index contributed by atoms with van der Waals surface area (Å²) in [6.45, 7) is 2.55. The Balaban J connectivity index is 2.83. The number of nitrogens with two attached hydrogens (primary N) is 1. The summed E-state index contributed by atoms with van der Waals surface area (Å²) in [5, 5.41) is 0. The van der Waals surface area contributed by atoms with Crippen molar-refractivity contribution in [2.45, 2.75) is 13.0 Å². The van der Waals surface area contributed by atoms with Gasteiger partial charge in [0.15, 0.2) is 0 Å².